The van der Waals surface area contributed by atoms with Crippen LogP contribution in [0.5, 0.6) is 0 Å². The SMILES string of the molecule is [B]c1ccc(N(C)c2ccc([B])cc2)cc1. The molecule has 0 bridgehead atoms. The highest BCUT2D eigenvalue weighted by Crippen LogP contribution is 2.21. The molecule has 0 aliphatic rings. The van der Waals surface area contributed by atoms with Crippen LogP contribution in [0.15, 0.2) is 48.5 Å². The average molecular weight is 203 g/mol. The largest absolute Gasteiger partial charge is 0.345 e. The zero-order chi connectivity index (χ0) is 11.5. The third-order valence-corrected chi connectivity index (χ3v) is 2.56. The highest BCUT2D eigenvalue weighted by atomic mass is 15.1. The van der Waals surface area contributed by atoms with Gasteiger partial charge in [0.2, 0.25) is 0 Å². The number of anilines is 2. The van der Waals surface area contributed by atoms with Crippen LogP contribution in [0.3, 0.4) is 0 Å². The molecule has 0 saturated carbocycles. The van der Waals surface area contributed by atoms with Crippen LogP contribution in [0, 0.1) is 0 Å². The maximum Gasteiger partial charge on any atom is 0.113 e. The summed E-state index contributed by atoms with van der Waals surface area (Å²) in [5, 5.41) is 0. The van der Waals surface area contributed by atoms with Gasteiger partial charge < -0.3 is 4.90 Å². The van der Waals surface area contributed by atoms with Crippen LogP contribution >= 0.6 is 0 Å². The minimum Gasteiger partial charge on any atom is -0.345 e. The second kappa shape index (κ2) is 4.48. The van der Waals surface area contributed by atoms with Gasteiger partial charge in [0, 0.05) is 18.4 Å². The summed E-state index contributed by atoms with van der Waals surface area (Å²) < 4.78 is 0. The molecule has 0 fully saturated rings. The van der Waals surface area contributed by atoms with Crippen molar-refractivity contribution in [3.63, 3.8) is 0 Å². The summed E-state index contributed by atoms with van der Waals surface area (Å²) in [4.78, 5) is 2.08. The van der Waals surface area contributed by atoms with Crippen LogP contribution in [0.4, 0.5) is 11.4 Å². The van der Waals surface area contributed by atoms with Crippen LogP contribution in [0.2, 0.25) is 0 Å². The van der Waals surface area contributed by atoms with Gasteiger partial charge in [-0.3, -0.25) is 0 Å². The molecule has 2 aromatic carbocycles. The fourth-order valence-corrected chi connectivity index (χ4v) is 1.54. The topological polar surface area (TPSA) is 3.24 Å². The highest BCUT2D eigenvalue weighted by Gasteiger charge is 2.02. The molecule has 0 aromatic heterocycles. The lowest BCUT2D eigenvalue weighted by molar-refractivity contribution is 1.21. The second-order valence-electron chi connectivity index (χ2n) is 3.74. The van der Waals surface area contributed by atoms with Crippen LogP contribution in [0.1, 0.15) is 0 Å². The lowest BCUT2D eigenvalue weighted by atomic mass is 9.95. The minimum absolute atomic E-state index is 0.773. The van der Waals surface area contributed by atoms with E-state index in [-0.39, 0.29) is 0 Å². The third-order valence-electron chi connectivity index (χ3n) is 2.56. The van der Waals surface area contributed by atoms with Crippen LogP contribution in [-0.4, -0.2) is 22.7 Å². The Morgan fingerprint density at radius 3 is 1.31 bits per heavy atom. The van der Waals surface area contributed by atoms with Gasteiger partial charge in [-0.1, -0.05) is 35.2 Å². The second-order valence-corrected chi connectivity index (χ2v) is 3.74. The first-order chi connectivity index (χ1) is 7.66. The Kier molecular flexibility index (Phi) is 3.04. The normalized spacial score (nSPS) is 10.1. The number of rotatable bonds is 2. The van der Waals surface area contributed by atoms with E-state index in [0.717, 1.165) is 22.3 Å². The summed E-state index contributed by atoms with van der Waals surface area (Å²) in [6.07, 6.45) is 0. The van der Waals surface area contributed by atoms with Gasteiger partial charge in [-0.05, 0) is 24.3 Å². The molecule has 0 unspecified atom stereocenters. The van der Waals surface area contributed by atoms with E-state index in [1.807, 2.05) is 55.6 Å². The van der Waals surface area contributed by atoms with E-state index in [2.05, 4.69) is 4.90 Å². The highest BCUT2D eigenvalue weighted by molar-refractivity contribution is 6.32. The third kappa shape index (κ3) is 2.30. The van der Waals surface area contributed by atoms with Crippen molar-refractivity contribution < 1.29 is 0 Å². The van der Waals surface area contributed by atoms with E-state index in [4.69, 9.17) is 15.7 Å². The Bertz CT molecular complexity index is 417. The Labute approximate surface area is 98.9 Å². The van der Waals surface area contributed by atoms with Crippen molar-refractivity contribution in [2.45, 2.75) is 0 Å². The van der Waals surface area contributed by atoms with E-state index in [0.29, 0.717) is 0 Å². The van der Waals surface area contributed by atoms with E-state index < -0.39 is 0 Å². The van der Waals surface area contributed by atoms with Crippen LogP contribution in [-0.2, 0) is 0 Å². The van der Waals surface area contributed by atoms with Gasteiger partial charge in [0.05, 0.1) is 0 Å². The fourth-order valence-electron chi connectivity index (χ4n) is 1.54. The maximum atomic E-state index is 5.65. The van der Waals surface area contributed by atoms with Crippen molar-refractivity contribution in [1.82, 2.24) is 0 Å². The Balaban J connectivity index is 2.28. The van der Waals surface area contributed by atoms with Crippen molar-refractivity contribution in [2.75, 3.05) is 11.9 Å². The lowest BCUT2D eigenvalue weighted by Crippen LogP contribution is -2.12. The molecule has 1 nitrogen and oxygen atoms in total. The van der Waals surface area contributed by atoms with E-state index in [1.165, 1.54) is 0 Å². The molecule has 0 amide bonds. The minimum atomic E-state index is 0.773. The van der Waals surface area contributed by atoms with Crippen molar-refractivity contribution >= 4 is 38.0 Å². The average Bonchev–Trinajstić information content (AvgIpc) is 2.30. The molecular weight excluding hydrogens is 192 g/mol. The van der Waals surface area contributed by atoms with Gasteiger partial charge in [0.15, 0.2) is 0 Å². The summed E-state index contributed by atoms with van der Waals surface area (Å²) in [5.41, 5.74) is 3.74. The standard InChI is InChI=1S/C13H11B2N/c1-16(12-6-2-10(14)3-7-12)13-8-4-11(15)5-9-13/h2-9H,1H3. The molecule has 0 atom stereocenters. The summed E-state index contributed by atoms with van der Waals surface area (Å²) in [5.74, 6) is 0. The molecule has 0 spiro atoms. The van der Waals surface area contributed by atoms with Crippen LogP contribution in [0.25, 0.3) is 0 Å². The molecule has 16 heavy (non-hydrogen) atoms. The van der Waals surface area contributed by atoms with Crippen molar-refractivity contribution in [1.29, 1.82) is 0 Å². The number of nitrogens with zero attached hydrogens (tertiary/aromatic N) is 1. The molecule has 0 aliphatic heterocycles. The molecule has 2 rings (SSSR count). The van der Waals surface area contributed by atoms with Crippen molar-refractivity contribution in [3.05, 3.63) is 48.5 Å². The molecule has 74 valence electrons. The first-order valence-corrected chi connectivity index (χ1v) is 5.11. The smallest absolute Gasteiger partial charge is 0.113 e. The van der Waals surface area contributed by atoms with Crippen molar-refractivity contribution in [3.8, 4) is 0 Å². The number of hydrogen-bond donors (Lipinski definition) is 0. The van der Waals surface area contributed by atoms with Gasteiger partial charge in [0.1, 0.15) is 15.7 Å². The fraction of sp³-hybridized carbons (Fsp3) is 0.0769. The van der Waals surface area contributed by atoms with Crippen molar-refractivity contribution in [2.24, 2.45) is 0 Å². The lowest BCUT2D eigenvalue weighted by Gasteiger charge is -2.19. The van der Waals surface area contributed by atoms with E-state index >= 15 is 0 Å². The molecule has 4 radical (unpaired) electrons. The van der Waals surface area contributed by atoms with Gasteiger partial charge in [-0.2, -0.15) is 0 Å². The first-order valence-electron chi connectivity index (χ1n) is 5.11. The van der Waals surface area contributed by atoms with Gasteiger partial charge in [-0.15, -0.1) is 0 Å². The summed E-state index contributed by atoms with van der Waals surface area (Å²) in [6, 6.07) is 15.5. The molecule has 0 N–H and O–H groups in total. The molecule has 3 heteroatoms. The van der Waals surface area contributed by atoms with Gasteiger partial charge >= 0.3 is 0 Å². The Morgan fingerprint density at radius 1 is 0.688 bits per heavy atom. The van der Waals surface area contributed by atoms with E-state index in [1.54, 1.807) is 0 Å². The van der Waals surface area contributed by atoms with Crippen LogP contribution < -0.4 is 15.8 Å². The Hall–Kier alpha value is -1.63. The predicted molar refractivity (Wildman–Crippen MR) is 71.7 cm³/mol. The molecule has 0 aliphatic carbocycles. The monoisotopic (exact) mass is 203 g/mol. The number of hydrogen-bond acceptors (Lipinski definition) is 1. The summed E-state index contributed by atoms with van der Waals surface area (Å²) >= 11 is 0. The van der Waals surface area contributed by atoms with E-state index in [9.17, 15) is 0 Å². The molecule has 0 saturated heterocycles. The first kappa shape index (κ1) is 10.9. The predicted octanol–water partition coefficient (Wildman–Crippen LogP) is 1.04. The molecule has 2 aromatic rings. The maximum absolute atomic E-state index is 5.65. The quantitative estimate of drug-likeness (QED) is 0.659. The molecule has 0 heterocycles. The summed E-state index contributed by atoms with van der Waals surface area (Å²) in [7, 11) is 13.3. The zero-order valence-corrected chi connectivity index (χ0v) is 9.22. The summed E-state index contributed by atoms with van der Waals surface area (Å²) in [6.45, 7) is 0. The van der Waals surface area contributed by atoms with Gasteiger partial charge in [0.25, 0.3) is 0 Å². The Morgan fingerprint density at radius 2 is 1.00 bits per heavy atom. The molecular formula is C13H11B2N. The zero-order valence-electron chi connectivity index (χ0n) is 9.22. The number of benzene rings is 2. The van der Waals surface area contributed by atoms with Gasteiger partial charge in [-0.25, -0.2) is 0 Å².